The van der Waals surface area contributed by atoms with Gasteiger partial charge in [0.1, 0.15) is 11.6 Å². The van der Waals surface area contributed by atoms with Gasteiger partial charge in [0.25, 0.3) is 0 Å². The molecule has 4 heteroatoms. The normalized spacial score (nSPS) is 29.7. The van der Waals surface area contributed by atoms with Crippen molar-refractivity contribution in [1.29, 1.82) is 0 Å². The molecule has 1 heterocycles. The van der Waals surface area contributed by atoms with Crippen molar-refractivity contribution in [1.82, 2.24) is 10.2 Å². The van der Waals surface area contributed by atoms with Crippen LogP contribution in [0.4, 0.5) is 0 Å². The minimum absolute atomic E-state index is 0.0648. The second-order valence-electron chi connectivity index (χ2n) is 6.87. The second-order valence-corrected chi connectivity index (χ2v) is 6.87. The van der Waals surface area contributed by atoms with Gasteiger partial charge in [-0.3, -0.25) is 9.59 Å². The zero-order chi connectivity index (χ0) is 15.5. The van der Waals surface area contributed by atoms with E-state index in [1.54, 1.807) is 0 Å². The van der Waals surface area contributed by atoms with Crippen LogP contribution < -0.4 is 5.32 Å². The summed E-state index contributed by atoms with van der Waals surface area (Å²) in [5.41, 5.74) is -0.702. The Balaban J connectivity index is 2.00. The van der Waals surface area contributed by atoms with E-state index in [0.29, 0.717) is 12.3 Å². The number of piperazine rings is 1. The van der Waals surface area contributed by atoms with Gasteiger partial charge in [-0.1, -0.05) is 39.5 Å². The number of carbonyl (C=O) groups excluding carboxylic acids is 2. The Morgan fingerprint density at radius 1 is 1.14 bits per heavy atom. The molecule has 2 amide bonds. The summed E-state index contributed by atoms with van der Waals surface area (Å²) < 4.78 is 0. The van der Waals surface area contributed by atoms with Crippen LogP contribution in [0.25, 0.3) is 0 Å². The lowest BCUT2D eigenvalue weighted by atomic mass is 9.90. The maximum Gasteiger partial charge on any atom is 0.248 e. The van der Waals surface area contributed by atoms with Gasteiger partial charge in [0.05, 0.1) is 0 Å². The van der Waals surface area contributed by atoms with Gasteiger partial charge in [0.2, 0.25) is 11.8 Å². The predicted octanol–water partition coefficient (Wildman–Crippen LogP) is 2.86. The summed E-state index contributed by atoms with van der Waals surface area (Å²) in [6.07, 6.45) is 8.70. The smallest absolute Gasteiger partial charge is 0.248 e. The molecule has 2 atom stereocenters. The highest BCUT2D eigenvalue weighted by Gasteiger charge is 2.51. The van der Waals surface area contributed by atoms with Crippen molar-refractivity contribution in [2.45, 2.75) is 83.7 Å². The SMILES string of the molecule is CCCCCCCN1C(=O)C(C)(CC)NC(=O)C1C1CC1. The van der Waals surface area contributed by atoms with E-state index >= 15 is 0 Å². The molecule has 1 aliphatic carbocycles. The van der Waals surface area contributed by atoms with E-state index < -0.39 is 5.54 Å². The zero-order valence-electron chi connectivity index (χ0n) is 13.8. The zero-order valence-corrected chi connectivity index (χ0v) is 13.8. The Hall–Kier alpha value is -1.06. The summed E-state index contributed by atoms with van der Waals surface area (Å²) in [6, 6.07) is -0.205. The first-order valence-corrected chi connectivity index (χ1v) is 8.66. The third kappa shape index (κ3) is 3.58. The molecule has 1 saturated carbocycles. The molecule has 2 fully saturated rings. The summed E-state index contributed by atoms with van der Waals surface area (Å²) in [7, 11) is 0. The topological polar surface area (TPSA) is 49.4 Å². The molecule has 2 aliphatic rings. The number of amides is 2. The molecule has 120 valence electrons. The lowest BCUT2D eigenvalue weighted by Gasteiger charge is -2.44. The Labute approximate surface area is 128 Å². The second kappa shape index (κ2) is 6.80. The van der Waals surface area contributed by atoms with Crippen LogP contribution in [0.3, 0.4) is 0 Å². The molecule has 1 saturated heterocycles. The van der Waals surface area contributed by atoms with Gasteiger partial charge < -0.3 is 10.2 Å². The highest BCUT2D eigenvalue weighted by molar-refractivity contribution is 5.99. The molecule has 0 aromatic carbocycles. The molecule has 0 spiro atoms. The number of unbranched alkanes of at least 4 members (excludes halogenated alkanes) is 4. The van der Waals surface area contributed by atoms with E-state index in [2.05, 4.69) is 12.2 Å². The van der Waals surface area contributed by atoms with E-state index in [0.717, 1.165) is 32.2 Å². The van der Waals surface area contributed by atoms with Crippen molar-refractivity contribution in [3.05, 3.63) is 0 Å². The molecular weight excluding hydrogens is 264 g/mol. The predicted molar refractivity (Wildman–Crippen MR) is 83.8 cm³/mol. The van der Waals surface area contributed by atoms with Gasteiger partial charge >= 0.3 is 0 Å². The standard InChI is InChI=1S/C17H30N2O2/c1-4-6-7-8-9-12-19-14(13-10-11-13)15(20)18-17(3,5-2)16(19)21/h13-14H,4-12H2,1-3H3,(H,18,20). The molecule has 2 unspecified atom stereocenters. The highest BCUT2D eigenvalue weighted by atomic mass is 16.2. The molecule has 0 radical (unpaired) electrons. The number of hydrogen-bond acceptors (Lipinski definition) is 2. The lowest BCUT2D eigenvalue weighted by molar-refractivity contribution is -0.155. The van der Waals surface area contributed by atoms with Gasteiger partial charge in [-0.05, 0) is 38.5 Å². The van der Waals surface area contributed by atoms with Crippen molar-refractivity contribution in [3.8, 4) is 0 Å². The first-order chi connectivity index (χ1) is 10.0. The molecule has 21 heavy (non-hydrogen) atoms. The summed E-state index contributed by atoms with van der Waals surface area (Å²) in [4.78, 5) is 27.1. The van der Waals surface area contributed by atoms with E-state index in [4.69, 9.17) is 0 Å². The minimum Gasteiger partial charge on any atom is -0.340 e. The summed E-state index contributed by atoms with van der Waals surface area (Å²) in [5.74, 6) is 0.581. The largest absolute Gasteiger partial charge is 0.340 e. The average molecular weight is 294 g/mol. The summed E-state index contributed by atoms with van der Waals surface area (Å²) in [5, 5.41) is 2.97. The molecular formula is C17H30N2O2. The number of carbonyl (C=O) groups is 2. The third-order valence-electron chi connectivity index (χ3n) is 5.01. The molecule has 0 aromatic rings. The summed E-state index contributed by atoms with van der Waals surface area (Å²) >= 11 is 0. The van der Waals surface area contributed by atoms with Crippen LogP contribution in [0.2, 0.25) is 0 Å². The Morgan fingerprint density at radius 2 is 1.81 bits per heavy atom. The van der Waals surface area contributed by atoms with Gasteiger partial charge in [-0.25, -0.2) is 0 Å². The van der Waals surface area contributed by atoms with Crippen LogP contribution >= 0.6 is 0 Å². The third-order valence-corrected chi connectivity index (χ3v) is 5.01. The van der Waals surface area contributed by atoms with Crippen molar-refractivity contribution >= 4 is 11.8 Å². The average Bonchev–Trinajstić information content (AvgIpc) is 3.28. The number of nitrogens with one attached hydrogen (secondary N) is 1. The van der Waals surface area contributed by atoms with Gasteiger partial charge in [0, 0.05) is 6.54 Å². The Morgan fingerprint density at radius 3 is 2.38 bits per heavy atom. The minimum atomic E-state index is -0.702. The monoisotopic (exact) mass is 294 g/mol. The molecule has 2 rings (SSSR count). The van der Waals surface area contributed by atoms with Crippen molar-refractivity contribution in [3.63, 3.8) is 0 Å². The summed E-state index contributed by atoms with van der Waals surface area (Å²) in [6.45, 7) is 6.77. The fourth-order valence-electron chi connectivity index (χ4n) is 3.23. The quantitative estimate of drug-likeness (QED) is 0.700. The van der Waals surface area contributed by atoms with Crippen LogP contribution in [0.5, 0.6) is 0 Å². The van der Waals surface area contributed by atoms with Crippen LogP contribution in [-0.2, 0) is 9.59 Å². The fraction of sp³-hybridized carbons (Fsp3) is 0.882. The van der Waals surface area contributed by atoms with Crippen molar-refractivity contribution in [2.24, 2.45) is 5.92 Å². The van der Waals surface area contributed by atoms with E-state index in [1.807, 2.05) is 18.7 Å². The fourth-order valence-corrected chi connectivity index (χ4v) is 3.23. The first-order valence-electron chi connectivity index (χ1n) is 8.66. The van der Waals surface area contributed by atoms with Crippen molar-refractivity contribution in [2.75, 3.05) is 6.54 Å². The highest BCUT2D eigenvalue weighted by Crippen LogP contribution is 2.38. The Bertz CT molecular complexity index is 392. The Kier molecular flexibility index (Phi) is 5.28. The van der Waals surface area contributed by atoms with Crippen LogP contribution in [0.1, 0.15) is 72.1 Å². The van der Waals surface area contributed by atoms with Crippen molar-refractivity contribution < 1.29 is 9.59 Å². The van der Waals surface area contributed by atoms with E-state index in [1.165, 1.54) is 19.3 Å². The lowest BCUT2D eigenvalue weighted by Crippen LogP contribution is -2.69. The molecule has 1 aliphatic heterocycles. The maximum absolute atomic E-state index is 12.8. The van der Waals surface area contributed by atoms with Gasteiger partial charge in [-0.2, -0.15) is 0 Å². The van der Waals surface area contributed by atoms with Gasteiger partial charge in [0.15, 0.2) is 0 Å². The number of rotatable bonds is 8. The molecule has 0 bridgehead atoms. The van der Waals surface area contributed by atoms with Crippen LogP contribution in [-0.4, -0.2) is 34.8 Å². The first kappa shape index (κ1) is 16.3. The van der Waals surface area contributed by atoms with Crippen LogP contribution in [0, 0.1) is 5.92 Å². The van der Waals surface area contributed by atoms with E-state index in [9.17, 15) is 9.59 Å². The number of hydrogen-bond donors (Lipinski definition) is 1. The molecule has 4 nitrogen and oxygen atoms in total. The van der Waals surface area contributed by atoms with Gasteiger partial charge in [-0.15, -0.1) is 0 Å². The maximum atomic E-state index is 12.8. The van der Waals surface area contributed by atoms with E-state index in [-0.39, 0.29) is 17.9 Å². The number of nitrogens with zero attached hydrogens (tertiary/aromatic N) is 1. The van der Waals surface area contributed by atoms with Crippen LogP contribution in [0.15, 0.2) is 0 Å². The molecule has 0 aromatic heterocycles. The molecule has 1 N–H and O–H groups in total.